The lowest BCUT2D eigenvalue weighted by molar-refractivity contribution is -0.384. The molecule has 1 N–H and O–H groups in total. The molecule has 0 saturated carbocycles. The number of non-ortho nitro benzene ring substituents is 1. The number of hydrogen-bond donors (Lipinski definition) is 1. The topological polar surface area (TPSA) is 85.1 Å². The van der Waals surface area contributed by atoms with Crippen LogP contribution in [0.25, 0.3) is 0 Å². The largest absolute Gasteiger partial charge is 0.309 e. The van der Waals surface area contributed by atoms with Gasteiger partial charge in [0.2, 0.25) is 5.91 Å². The fourth-order valence-corrected chi connectivity index (χ4v) is 1.97. The molecule has 2 rings (SSSR count). The molecule has 1 amide bonds. The molecule has 20 heavy (non-hydrogen) atoms. The van der Waals surface area contributed by atoms with Crippen LogP contribution in [0.5, 0.6) is 0 Å². The number of carbonyl (C=O) groups excluding carboxylic acids is 1. The lowest BCUT2D eigenvalue weighted by Gasteiger charge is -2.06. The highest BCUT2D eigenvalue weighted by Crippen LogP contribution is 2.19. The molecule has 0 aliphatic heterocycles. The van der Waals surface area contributed by atoms with Crippen molar-refractivity contribution in [2.24, 2.45) is 0 Å². The smallest absolute Gasteiger partial charge is 0.269 e. The highest BCUT2D eigenvalue weighted by Gasteiger charge is 2.10. The fourth-order valence-electron chi connectivity index (χ4n) is 1.62. The monoisotopic (exact) mass is 335 g/mol. The van der Waals surface area contributed by atoms with Gasteiger partial charge in [-0.3, -0.25) is 14.9 Å². The predicted octanol–water partition coefficient (Wildman–Crippen LogP) is 2.93. The Hall–Kier alpha value is -2.28. The van der Waals surface area contributed by atoms with Crippen molar-refractivity contribution < 1.29 is 9.72 Å². The number of pyridine rings is 1. The zero-order valence-corrected chi connectivity index (χ0v) is 11.8. The van der Waals surface area contributed by atoms with Gasteiger partial charge in [-0.25, -0.2) is 4.98 Å². The van der Waals surface area contributed by atoms with E-state index in [1.165, 1.54) is 12.1 Å². The van der Waals surface area contributed by atoms with Gasteiger partial charge in [0.15, 0.2) is 0 Å². The number of aromatic nitrogens is 1. The number of anilines is 1. The first-order chi connectivity index (χ1) is 9.56. The Morgan fingerprint density at radius 1 is 1.35 bits per heavy atom. The lowest BCUT2D eigenvalue weighted by Crippen LogP contribution is -2.15. The van der Waals surface area contributed by atoms with Crippen LogP contribution in [-0.2, 0) is 11.2 Å². The Bertz CT molecular complexity index is 661. The third-order valence-corrected chi connectivity index (χ3v) is 3.14. The fraction of sp³-hybridized carbons (Fsp3) is 0.0769. The number of nitro groups is 1. The van der Waals surface area contributed by atoms with Crippen molar-refractivity contribution in [3.63, 3.8) is 0 Å². The molecule has 0 radical (unpaired) electrons. The van der Waals surface area contributed by atoms with E-state index in [-0.39, 0.29) is 18.0 Å². The number of rotatable bonds is 4. The molecule has 1 aromatic carbocycles. The summed E-state index contributed by atoms with van der Waals surface area (Å²) in [6.07, 6.45) is 1.61. The summed E-state index contributed by atoms with van der Waals surface area (Å²) in [6.45, 7) is 0. The van der Waals surface area contributed by atoms with Crippen LogP contribution < -0.4 is 5.32 Å². The Kier molecular flexibility index (Phi) is 4.41. The van der Waals surface area contributed by atoms with E-state index in [9.17, 15) is 14.9 Å². The van der Waals surface area contributed by atoms with E-state index < -0.39 is 4.92 Å². The summed E-state index contributed by atoms with van der Waals surface area (Å²) in [5.41, 5.74) is 0.540. The van der Waals surface area contributed by atoms with E-state index in [1.54, 1.807) is 30.5 Å². The number of carbonyl (C=O) groups is 1. The highest BCUT2D eigenvalue weighted by atomic mass is 79.9. The number of nitro benzene ring substituents is 1. The third kappa shape index (κ3) is 3.61. The highest BCUT2D eigenvalue weighted by molar-refractivity contribution is 9.10. The van der Waals surface area contributed by atoms with Crippen molar-refractivity contribution in [3.05, 3.63) is 62.7 Å². The standard InChI is InChI=1S/C13H10BrN3O3/c14-11-5-2-6-15-13(11)16-12(18)8-9-3-1-4-10(7-9)17(19)20/h1-7H,8H2,(H,15,16,18). The number of amides is 1. The minimum atomic E-state index is -0.489. The van der Waals surface area contributed by atoms with Crippen LogP contribution in [0.1, 0.15) is 5.56 Å². The maximum atomic E-state index is 11.9. The van der Waals surface area contributed by atoms with Crippen molar-refractivity contribution in [1.82, 2.24) is 4.98 Å². The molecule has 0 fully saturated rings. The van der Waals surface area contributed by atoms with Crippen molar-refractivity contribution in [3.8, 4) is 0 Å². The average Bonchev–Trinajstić information content (AvgIpc) is 2.41. The molecule has 0 spiro atoms. The predicted molar refractivity (Wildman–Crippen MR) is 77.4 cm³/mol. The molecule has 2 aromatic rings. The molecule has 0 aliphatic carbocycles. The molecule has 7 heteroatoms. The molecule has 0 saturated heterocycles. The summed E-state index contributed by atoms with van der Waals surface area (Å²) >= 11 is 3.27. The zero-order valence-electron chi connectivity index (χ0n) is 10.2. The van der Waals surface area contributed by atoms with Crippen LogP contribution in [0.2, 0.25) is 0 Å². The van der Waals surface area contributed by atoms with E-state index in [4.69, 9.17) is 0 Å². The molecule has 0 atom stereocenters. The number of halogens is 1. The summed E-state index contributed by atoms with van der Waals surface area (Å²) in [4.78, 5) is 26.1. The Morgan fingerprint density at radius 3 is 2.85 bits per heavy atom. The summed E-state index contributed by atoms with van der Waals surface area (Å²) in [6, 6.07) is 9.48. The minimum Gasteiger partial charge on any atom is -0.309 e. The molecular formula is C13H10BrN3O3. The van der Waals surface area contributed by atoms with Gasteiger partial charge in [0.25, 0.3) is 5.69 Å². The number of nitrogens with zero attached hydrogens (tertiary/aromatic N) is 2. The van der Waals surface area contributed by atoms with Gasteiger partial charge in [-0.15, -0.1) is 0 Å². The van der Waals surface area contributed by atoms with Gasteiger partial charge in [-0.2, -0.15) is 0 Å². The van der Waals surface area contributed by atoms with E-state index >= 15 is 0 Å². The summed E-state index contributed by atoms with van der Waals surface area (Å²) in [7, 11) is 0. The maximum absolute atomic E-state index is 11.9. The van der Waals surface area contributed by atoms with Gasteiger partial charge >= 0.3 is 0 Å². The lowest BCUT2D eigenvalue weighted by atomic mass is 10.1. The van der Waals surface area contributed by atoms with Gasteiger partial charge in [-0.05, 0) is 33.6 Å². The summed E-state index contributed by atoms with van der Waals surface area (Å²) in [5.74, 6) is 0.132. The van der Waals surface area contributed by atoms with Crippen LogP contribution in [0.3, 0.4) is 0 Å². The second kappa shape index (κ2) is 6.25. The Balaban J connectivity index is 2.07. The molecule has 0 unspecified atom stereocenters. The van der Waals surface area contributed by atoms with Crippen LogP contribution in [0, 0.1) is 10.1 Å². The van der Waals surface area contributed by atoms with E-state index in [2.05, 4.69) is 26.2 Å². The van der Waals surface area contributed by atoms with Crippen molar-refractivity contribution >= 4 is 33.3 Å². The van der Waals surface area contributed by atoms with Crippen LogP contribution in [0.15, 0.2) is 47.1 Å². The van der Waals surface area contributed by atoms with Crippen LogP contribution >= 0.6 is 15.9 Å². The molecule has 1 aromatic heterocycles. The molecule has 102 valence electrons. The second-order valence-electron chi connectivity index (χ2n) is 3.99. The van der Waals surface area contributed by atoms with E-state index in [0.29, 0.717) is 15.9 Å². The summed E-state index contributed by atoms with van der Waals surface area (Å²) in [5, 5.41) is 13.3. The van der Waals surface area contributed by atoms with Gasteiger partial charge in [-0.1, -0.05) is 12.1 Å². The third-order valence-electron chi connectivity index (χ3n) is 2.50. The second-order valence-corrected chi connectivity index (χ2v) is 4.84. The van der Waals surface area contributed by atoms with Crippen molar-refractivity contribution in [2.45, 2.75) is 6.42 Å². The van der Waals surface area contributed by atoms with Crippen LogP contribution in [-0.4, -0.2) is 15.8 Å². The molecule has 0 aliphatic rings. The molecular weight excluding hydrogens is 326 g/mol. The maximum Gasteiger partial charge on any atom is 0.269 e. The van der Waals surface area contributed by atoms with Gasteiger partial charge in [0.05, 0.1) is 15.8 Å². The average molecular weight is 336 g/mol. The molecule has 6 nitrogen and oxygen atoms in total. The summed E-state index contributed by atoms with van der Waals surface area (Å²) < 4.78 is 0.674. The van der Waals surface area contributed by atoms with Gasteiger partial charge < -0.3 is 5.32 Å². The minimum absolute atomic E-state index is 0.0330. The molecule has 0 bridgehead atoms. The molecule has 1 heterocycles. The van der Waals surface area contributed by atoms with E-state index in [0.717, 1.165) is 0 Å². The Labute approximate surface area is 123 Å². The van der Waals surface area contributed by atoms with Crippen LogP contribution in [0.4, 0.5) is 11.5 Å². The van der Waals surface area contributed by atoms with E-state index in [1.807, 2.05) is 0 Å². The zero-order chi connectivity index (χ0) is 14.5. The first-order valence-corrected chi connectivity index (χ1v) is 6.49. The first-order valence-electron chi connectivity index (χ1n) is 5.70. The first kappa shape index (κ1) is 14.1. The SMILES string of the molecule is O=C(Cc1cccc([N+](=O)[O-])c1)Nc1ncccc1Br. The van der Waals surface area contributed by atoms with Gasteiger partial charge in [0.1, 0.15) is 5.82 Å². The number of benzene rings is 1. The normalized spacial score (nSPS) is 10.1. The van der Waals surface area contributed by atoms with Crippen molar-refractivity contribution in [1.29, 1.82) is 0 Å². The number of hydrogen-bond acceptors (Lipinski definition) is 4. The van der Waals surface area contributed by atoms with Gasteiger partial charge in [0, 0.05) is 18.3 Å². The Morgan fingerprint density at radius 2 is 2.15 bits per heavy atom. The van der Waals surface area contributed by atoms with Crippen molar-refractivity contribution in [2.75, 3.05) is 5.32 Å². The number of nitrogens with one attached hydrogen (secondary N) is 1. The quantitative estimate of drug-likeness (QED) is 0.687.